The van der Waals surface area contributed by atoms with Gasteiger partial charge in [0.2, 0.25) is 0 Å². The maximum absolute atomic E-state index is 13.3. The van der Waals surface area contributed by atoms with Gasteiger partial charge in [0.05, 0.1) is 12.1 Å². The molecule has 0 atom stereocenters. The summed E-state index contributed by atoms with van der Waals surface area (Å²) in [6.07, 6.45) is 12.4. The quantitative estimate of drug-likeness (QED) is 0.220. The molecule has 0 amide bonds. The van der Waals surface area contributed by atoms with Crippen LogP contribution in [0.2, 0.25) is 0 Å². The fourth-order valence-electron chi connectivity index (χ4n) is 4.62. The van der Waals surface area contributed by atoms with Gasteiger partial charge in [0.15, 0.2) is 0 Å². The smallest absolute Gasteiger partial charge is 0.346 e. The molecule has 36 heavy (non-hydrogen) atoms. The maximum atomic E-state index is 13.3. The minimum absolute atomic E-state index is 0.0330. The summed E-state index contributed by atoms with van der Waals surface area (Å²) in [6.45, 7) is 5.56. The van der Waals surface area contributed by atoms with E-state index in [2.05, 4.69) is 13.8 Å². The summed E-state index contributed by atoms with van der Waals surface area (Å²) in [5.41, 5.74) is 2.80. The van der Waals surface area contributed by atoms with Crippen molar-refractivity contribution in [1.82, 2.24) is 14.3 Å². The van der Waals surface area contributed by atoms with Crippen molar-refractivity contribution in [3.63, 3.8) is 0 Å². The first kappa shape index (κ1) is 27.4. The lowest BCUT2D eigenvalue weighted by Gasteiger charge is -2.09. The summed E-state index contributed by atoms with van der Waals surface area (Å²) in [6, 6.07) is 14.9. The van der Waals surface area contributed by atoms with E-state index < -0.39 is 5.97 Å². The van der Waals surface area contributed by atoms with Gasteiger partial charge in [0.25, 0.3) is 0 Å². The van der Waals surface area contributed by atoms with E-state index in [1.54, 1.807) is 16.8 Å². The molecule has 0 unspecified atom stereocenters. The van der Waals surface area contributed by atoms with E-state index in [-0.39, 0.29) is 11.3 Å². The zero-order chi connectivity index (χ0) is 25.8. The van der Waals surface area contributed by atoms with Crippen LogP contribution in [0.3, 0.4) is 0 Å². The molecule has 0 saturated heterocycles. The van der Waals surface area contributed by atoms with Crippen LogP contribution in [0.1, 0.15) is 99.8 Å². The first-order valence-electron chi connectivity index (χ1n) is 13.6. The van der Waals surface area contributed by atoms with Gasteiger partial charge in [-0.15, -0.1) is 0 Å². The molecule has 3 aromatic rings. The highest BCUT2D eigenvalue weighted by Gasteiger charge is 2.15. The van der Waals surface area contributed by atoms with Gasteiger partial charge in [-0.05, 0) is 35.6 Å². The number of benzene rings is 2. The highest BCUT2D eigenvalue weighted by atomic mass is 16.4. The normalized spacial score (nSPS) is 11.2. The number of carboxylic acids is 1. The Morgan fingerprint density at radius 3 is 2.14 bits per heavy atom. The molecular weight excluding hydrogens is 450 g/mol. The minimum Gasteiger partial charge on any atom is -0.478 e. The van der Waals surface area contributed by atoms with Gasteiger partial charge in [-0.2, -0.15) is 5.10 Å². The lowest BCUT2D eigenvalue weighted by Crippen LogP contribution is -2.26. The van der Waals surface area contributed by atoms with Gasteiger partial charge in [-0.1, -0.05) is 108 Å². The van der Waals surface area contributed by atoms with Crippen molar-refractivity contribution >= 4 is 5.97 Å². The SMILES string of the molecule is CCCCCCCc1nn(CCCCCCC)c(=O)n1Cc1ccc(-c2ccccc2C(=O)O)cc1. The minimum atomic E-state index is -0.938. The number of carbonyl (C=O) groups is 1. The van der Waals surface area contributed by atoms with Crippen molar-refractivity contribution in [2.75, 3.05) is 0 Å². The molecule has 0 aliphatic carbocycles. The summed E-state index contributed by atoms with van der Waals surface area (Å²) < 4.78 is 3.48. The van der Waals surface area contributed by atoms with Crippen molar-refractivity contribution < 1.29 is 9.90 Å². The Balaban J connectivity index is 1.76. The number of unbranched alkanes of at least 4 members (excludes halogenated alkanes) is 8. The number of hydrogen-bond donors (Lipinski definition) is 1. The molecule has 1 N–H and O–H groups in total. The number of hydrogen-bond acceptors (Lipinski definition) is 3. The number of nitrogens with zero attached hydrogens (tertiary/aromatic N) is 3. The van der Waals surface area contributed by atoms with Gasteiger partial charge in [-0.3, -0.25) is 4.57 Å². The highest BCUT2D eigenvalue weighted by Crippen LogP contribution is 2.24. The Kier molecular flexibility index (Phi) is 11.0. The fourth-order valence-corrected chi connectivity index (χ4v) is 4.62. The second kappa shape index (κ2) is 14.4. The lowest BCUT2D eigenvalue weighted by atomic mass is 9.99. The zero-order valence-electron chi connectivity index (χ0n) is 21.9. The first-order chi connectivity index (χ1) is 17.5. The van der Waals surface area contributed by atoms with Crippen LogP contribution in [-0.2, 0) is 19.5 Å². The molecule has 0 radical (unpaired) electrons. The van der Waals surface area contributed by atoms with E-state index >= 15 is 0 Å². The Labute approximate surface area is 215 Å². The van der Waals surface area contributed by atoms with Crippen molar-refractivity contribution in [1.29, 1.82) is 0 Å². The van der Waals surface area contributed by atoms with Crippen molar-refractivity contribution in [3.8, 4) is 11.1 Å². The predicted molar refractivity (Wildman–Crippen MR) is 146 cm³/mol. The van der Waals surface area contributed by atoms with E-state index in [1.807, 2.05) is 41.0 Å². The summed E-state index contributed by atoms with van der Waals surface area (Å²) in [4.78, 5) is 24.9. The highest BCUT2D eigenvalue weighted by molar-refractivity contribution is 5.95. The molecule has 0 aliphatic heterocycles. The van der Waals surface area contributed by atoms with Crippen LogP contribution < -0.4 is 5.69 Å². The Morgan fingerprint density at radius 1 is 0.833 bits per heavy atom. The van der Waals surface area contributed by atoms with E-state index in [4.69, 9.17) is 5.10 Å². The van der Waals surface area contributed by atoms with Gasteiger partial charge in [0, 0.05) is 13.0 Å². The molecule has 0 bridgehead atoms. The molecule has 194 valence electrons. The second-order valence-electron chi connectivity index (χ2n) is 9.63. The van der Waals surface area contributed by atoms with Crippen LogP contribution in [0.25, 0.3) is 11.1 Å². The molecule has 1 aromatic heterocycles. The topological polar surface area (TPSA) is 77.1 Å². The Morgan fingerprint density at radius 2 is 1.47 bits per heavy atom. The molecule has 0 aliphatic rings. The number of rotatable bonds is 16. The monoisotopic (exact) mass is 491 g/mol. The summed E-state index contributed by atoms with van der Waals surface area (Å²) in [5.74, 6) is -0.0720. The molecule has 1 heterocycles. The molecule has 3 rings (SSSR count). The third-order valence-corrected chi connectivity index (χ3v) is 6.74. The zero-order valence-corrected chi connectivity index (χ0v) is 21.9. The summed E-state index contributed by atoms with van der Waals surface area (Å²) >= 11 is 0. The number of aromatic carboxylic acids is 1. The first-order valence-corrected chi connectivity index (χ1v) is 13.6. The van der Waals surface area contributed by atoms with Crippen LogP contribution in [-0.4, -0.2) is 25.4 Å². The predicted octanol–water partition coefficient (Wildman–Crippen LogP) is 6.94. The van der Waals surface area contributed by atoms with E-state index in [0.717, 1.165) is 49.1 Å². The van der Waals surface area contributed by atoms with Crippen LogP contribution in [0.4, 0.5) is 0 Å². The molecule has 0 spiro atoms. The average molecular weight is 492 g/mol. The summed E-state index contributed by atoms with van der Waals surface area (Å²) in [7, 11) is 0. The Hall–Kier alpha value is -3.15. The maximum Gasteiger partial charge on any atom is 0.346 e. The van der Waals surface area contributed by atoms with Gasteiger partial charge < -0.3 is 5.11 Å². The van der Waals surface area contributed by atoms with Crippen LogP contribution in [0.5, 0.6) is 0 Å². The van der Waals surface area contributed by atoms with Crippen molar-refractivity contribution in [3.05, 3.63) is 76.0 Å². The average Bonchev–Trinajstić information content (AvgIpc) is 3.18. The van der Waals surface area contributed by atoms with Gasteiger partial charge in [-0.25, -0.2) is 14.3 Å². The van der Waals surface area contributed by atoms with Gasteiger partial charge in [0.1, 0.15) is 5.82 Å². The Bertz CT molecular complexity index is 1140. The van der Waals surface area contributed by atoms with E-state index in [1.165, 1.54) is 38.5 Å². The molecule has 6 nitrogen and oxygen atoms in total. The largest absolute Gasteiger partial charge is 0.478 e. The van der Waals surface area contributed by atoms with E-state index in [9.17, 15) is 14.7 Å². The van der Waals surface area contributed by atoms with Crippen LogP contribution in [0, 0.1) is 0 Å². The lowest BCUT2D eigenvalue weighted by molar-refractivity contribution is 0.0697. The van der Waals surface area contributed by atoms with Crippen LogP contribution in [0.15, 0.2) is 53.3 Å². The second-order valence-corrected chi connectivity index (χ2v) is 9.63. The molecule has 0 saturated carbocycles. The van der Waals surface area contributed by atoms with E-state index in [0.29, 0.717) is 18.7 Å². The summed E-state index contributed by atoms with van der Waals surface area (Å²) in [5, 5.41) is 14.3. The van der Waals surface area contributed by atoms with Crippen LogP contribution >= 0.6 is 0 Å². The molecule has 0 fully saturated rings. The standard InChI is InChI=1S/C30H41N3O3/c1-3-5-7-9-11-17-28-31-33(22-14-10-8-6-4-2)30(36)32(28)23-24-18-20-25(21-19-24)26-15-12-13-16-27(26)29(34)35/h12-13,15-16,18-21H,3-11,14,17,22-23H2,1-2H3,(H,34,35). The fraction of sp³-hybridized carbons (Fsp3) is 0.500. The molecule has 6 heteroatoms. The number of aromatic nitrogens is 3. The molecule has 2 aromatic carbocycles. The third-order valence-electron chi connectivity index (χ3n) is 6.74. The molecular formula is C30H41N3O3. The van der Waals surface area contributed by atoms with Gasteiger partial charge >= 0.3 is 11.7 Å². The number of aryl methyl sites for hydroxylation is 2. The van der Waals surface area contributed by atoms with Crippen molar-refractivity contribution in [2.45, 2.75) is 97.6 Å². The number of carboxylic acid groups (broad SMARTS) is 1. The van der Waals surface area contributed by atoms with Crippen molar-refractivity contribution in [2.24, 2.45) is 0 Å². The third kappa shape index (κ3) is 7.67.